The predicted molar refractivity (Wildman–Crippen MR) is 108 cm³/mol. The van der Waals surface area contributed by atoms with Gasteiger partial charge in [-0.15, -0.1) is 0 Å². The molecule has 1 aliphatic rings. The van der Waals surface area contributed by atoms with Crippen molar-refractivity contribution in [1.29, 1.82) is 0 Å². The molecule has 0 saturated carbocycles. The third-order valence-corrected chi connectivity index (χ3v) is 5.29. The molecule has 3 rings (SSSR count). The molecule has 26 heavy (non-hydrogen) atoms. The van der Waals surface area contributed by atoms with Crippen LogP contribution in [0.4, 0.5) is 5.69 Å². The number of piperazine rings is 1. The Morgan fingerprint density at radius 1 is 1.15 bits per heavy atom. The largest absolute Gasteiger partial charge is 0.459 e. The second-order valence-corrected chi connectivity index (χ2v) is 7.00. The Hall–Kier alpha value is -2.34. The van der Waals surface area contributed by atoms with Gasteiger partial charge in [0.2, 0.25) is 0 Å². The van der Waals surface area contributed by atoms with Gasteiger partial charge in [0.15, 0.2) is 10.9 Å². The van der Waals surface area contributed by atoms with Crippen molar-refractivity contribution in [2.24, 2.45) is 0 Å². The number of anilines is 1. The Balaban J connectivity index is 1.51. The number of hydrogen-bond donors (Lipinski definition) is 1. The molecular weight excluding hydrogens is 346 g/mol. The number of carbonyl (C=O) groups is 1. The fourth-order valence-corrected chi connectivity index (χ4v) is 3.30. The molecule has 0 radical (unpaired) electrons. The van der Waals surface area contributed by atoms with E-state index in [9.17, 15) is 4.79 Å². The number of carbonyl (C=O) groups excluding carboxylic acids is 1. The number of nitrogens with one attached hydrogen (secondary N) is 1. The first-order chi connectivity index (χ1) is 12.6. The molecule has 1 aromatic heterocycles. The van der Waals surface area contributed by atoms with E-state index in [0.717, 1.165) is 12.1 Å². The first-order valence-corrected chi connectivity index (χ1v) is 9.48. The number of hydrogen-bond acceptors (Lipinski definition) is 3. The van der Waals surface area contributed by atoms with Gasteiger partial charge < -0.3 is 19.5 Å². The Kier molecular flexibility index (Phi) is 5.93. The zero-order chi connectivity index (χ0) is 18.5. The SMILES string of the molecule is CC[C@@H](C)c1ccc(NC(=S)N2CCN(C(=O)c3ccco3)CC2)cc1. The fourth-order valence-electron chi connectivity index (χ4n) is 3.00. The number of amides is 1. The van der Waals surface area contributed by atoms with E-state index in [4.69, 9.17) is 16.6 Å². The van der Waals surface area contributed by atoms with E-state index in [-0.39, 0.29) is 5.91 Å². The maximum absolute atomic E-state index is 12.3. The highest BCUT2D eigenvalue weighted by Gasteiger charge is 2.24. The van der Waals surface area contributed by atoms with E-state index < -0.39 is 0 Å². The Morgan fingerprint density at radius 2 is 1.81 bits per heavy atom. The summed E-state index contributed by atoms with van der Waals surface area (Å²) in [7, 11) is 0. The summed E-state index contributed by atoms with van der Waals surface area (Å²) in [5.41, 5.74) is 2.34. The molecule has 0 unspecified atom stereocenters. The maximum Gasteiger partial charge on any atom is 0.289 e. The summed E-state index contributed by atoms with van der Waals surface area (Å²) < 4.78 is 5.19. The van der Waals surface area contributed by atoms with Crippen LogP contribution in [0.15, 0.2) is 47.1 Å². The molecule has 0 bridgehead atoms. The van der Waals surface area contributed by atoms with Gasteiger partial charge in [0.05, 0.1) is 6.26 Å². The summed E-state index contributed by atoms with van der Waals surface area (Å²) in [5.74, 6) is 0.894. The highest BCUT2D eigenvalue weighted by Crippen LogP contribution is 2.21. The van der Waals surface area contributed by atoms with E-state index in [1.54, 1.807) is 17.0 Å². The van der Waals surface area contributed by atoms with Crippen molar-refractivity contribution in [2.45, 2.75) is 26.2 Å². The van der Waals surface area contributed by atoms with Crippen LogP contribution in [0.5, 0.6) is 0 Å². The third kappa shape index (κ3) is 4.25. The zero-order valence-electron chi connectivity index (χ0n) is 15.3. The number of rotatable bonds is 4. The lowest BCUT2D eigenvalue weighted by molar-refractivity contribution is 0.0661. The molecule has 138 valence electrons. The second-order valence-electron chi connectivity index (χ2n) is 6.62. The van der Waals surface area contributed by atoms with Crippen LogP contribution in [0.3, 0.4) is 0 Å². The lowest BCUT2D eigenvalue weighted by Gasteiger charge is -2.35. The fraction of sp³-hybridized carbons (Fsp3) is 0.400. The molecule has 2 aromatic rings. The molecule has 1 N–H and O–H groups in total. The number of thiocarbonyl (C=S) groups is 1. The molecule has 2 heterocycles. The Bertz CT molecular complexity index is 735. The van der Waals surface area contributed by atoms with E-state index in [1.807, 2.05) is 0 Å². The van der Waals surface area contributed by atoms with Gasteiger partial charge in [0.1, 0.15) is 0 Å². The first kappa shape index (κ1) is 18.5. The monoisotopic (exact) mass is 371 g/mol. The topological polar surface area (TPSA) is 48.7 Å². The number of nitrogens with zero attached hydrogens (tertiary/aromatic N) is 2. The van der Waals surface area contributed by atoms with Crippen LogP contribution < -0.4 is 5.32 Å². The van der Waals surface area contributed by atoms with Gasteiger partial charge in [0.25, 0.3) is 5.91 Å². The summed E-state index contributed by atoms with van der Waals surface area (Å²) >= 11 is 5.54. The van der Waals surface area contributed by atoms with Crippen LogP contribution in [0.25, 0.3) is 0 Å². The van der Waals surface area contributed by atoms with Crippen molar-refractivity contribution in [1.82, 2.24) is 9.80 Å². The lowest BCUT2D eigenvalue weighted by atomic mass is 9.99. The predicted octanol–water partition coefficient (Wildman–Crippen LogP) is 3.95. The first-order valence-electron chi connectivity index (χ1n) is 9.07. The number of benzene rings is 1. The van der Waals surface area contributed by atoms with Gasteiger partial charge in [-0.2, -0.15) is 0 Å². The van der Waals surface area contributed by atoms with Gasteiger partial charge in [-0.1, -0.05) is 26.0 Å². The second kappa shape index (κ2) is 8.36. The van der Waals surface area contributed by atoms with Crippen molar-refractivity contribution in [3.63, 3.8) is 0 Å². The highest BCUT2D eigenvalue weighted by atomic mass is 32.1. The molecular formula is C20H25N3O2S. The smallest absolute Gasteiger partial charge is 0.289 e. The molecule has 5 nitrogen and oxygen atoms in total. The van der Waals surface area contributed by atoms with E-state index in [2.05, 4.69) is 48.3 Å². The van der Waals surface area contributed by atoms with Gasteiger partial charge in [-0.3, -0.25) is 4.79 Å². The van der Waals surface area contributed by atoms with Crippen LogP contribution in [0.2, 0.25) is 0 Å². The van der Waals surface area contributed by atoms with Gasteiger partial charge in [-0.05, 0) is 54.4 Å². The lowest BCUT2D eigenvalue weighted by Crippen LogP contribution is -2.51. The molecule has 1 aliphatic heterocycles. The average molecular weight is 372 g/mol. The Labute approximate surface area is 160 Å². The van der Waals surface area contributed by atoms with Crippen molar-refractivity contribution >= 4 is 28.9 Å². The molecule has 6 heteroatoms. The van der Waals surface area contributed by atoms with Gasteiger partial charge in [-0.25, -0.2) is 0 Å². The van der Waals surface area contributed by atoms with E-state index >= 15 is 0 Å². The molecule has 1 fully saturated rings. The summed E-state index contributed by atoms with van der Waals surface area (Å²) in [6.45, 7) is 7.12. The molecule has 1 aromatic carbocycles. The molecule has 1 saturated heterocycles. The van der Waals surface area contributed by atoms with Crippen LogP contribution in [0, 0.1) is 0 Å². The van der Waals surface area contributed by atoms with E-state index in [0.29, 0.717) is 43.0 Å². The summed E-state index contributed by atoms with van der Waals surface area (Å²) in [6, 6.07) is 11.9. The third-order valence-electron chi connectivity index (χ3n) is 4.93. The minimum atomic E-state index is -0.0610. The minimum absolute atomic E-state index is 0.0610. The van der Waals surface area contributed by atoms with Gasteiger partial charge >= 0.3 is 0 Å². The van der Waals surface area contributed by atoms with Crippen molar-refractivity contribution < 1.29 is 9.21 Å². The standard InChI is InChI=1S/C20H25N3O2S/c1-3-15(2)16-6-8-17(9-7-16)21-20(26)23-12-10-22(11-13-23)19(24)18-5-4-14-25-18/h4-9,14-15H,3,10-13H2,1-2H3,(H,21,26)/t15-/m1/s1. The average Bonchev–Trinajstić information content (AvgIpc) is 3.22. The number of furan rings is 1. The zero-order valence-corrected chi connectivity index (χ0v) is 16.1. The van der Waals surface area contributed by atoms with Crippen LogP contribution in [0.1, 0.15) is 42.3 Å². The van der Waals surface area contributed by atoms with Crippen LogP contribution in [-0.2, 0) is 0 Å². The van der Waals surface area contributed by atoms with Crippen LogP contribution >= 0.6 is 12.2 Å². The molecule has 1 atom stereocenters. The molecule has 0 aliphatic carbocycles. The minimum Gasteiger partial charge on any atom is -0.459 e. The molecule has 0 spiro atoms. The van der Waals surface area contributed by atoms with E-state index in [1.165, 1.54) is 11.8 Å². The molecule has 1 amide bonds. The van der Waals surface area contributed by atoms with Gasteiger partial charge in [0, 0.05) is 31.9 Å². The quantitative estimate of drug-likeness (QED) is 0.825. The summed E-state index contributed by atoms with van der Waals surface area (Å²) in [6.07, 6.45) is 2.65. The summed E-state index contributed by atoms with van der Waals surface area (Å²) in [5, 5.41) is 4.00. The maximum atomic E-state index is 12.3. The van der Waals surface area contributed by atoms with Crippen molar-refractivity contribution in [3.05, 3.63) is 54.0 Å². The normalized spacial score (nSPS) is 15.6. The highest BCUT2D eigenvalue weighted by molar-refractivity contribution is 7.80. The van der Waals surface area contributed by atoms with Crippen molar-refractivity contribution in [3.8, 4) is 0 Å². The Morgan fingerprint density at radius 3 is 2.38 bits per heavy atom. The van der Waals surface area contributed by atoms with Crippen LogP contribution in [-0.4, -0.2) is 47.0 Å². The summed E-state index contributed by atoms with van der Waals surface area (Å²) in [4.78, 5) is 16.2. The van der Waals surface area contributed by atoms with Crippen molar-refractivity contribution in [2.75, 3.05) is 31.5 Å².